The van der Waals surface area contributed by atoms with Crippen LogP contribution < -0.4 is 5.56 Å². The predicted molar refractivity (Wildman–Crippen MR) is 149 cm³/mol. The molecule has 0 aliphatic carbocycles. The van der Waals surface area contributed by atoms with E-state index in [2.05, 4.69) is 74.6 Å². The average molecular weight is 508 g/mol. The van der Waals surface area contributed by atoms with Gasteiger partial charge in [0.1, 0.15) is 0 Å². The average Bonchev–Trinajstić information content (AvgIpc) is 3.38. The maximum atomic E-state index is 13.2. The topological polar surface area (TPSA) is 92.6 Å². The summed E-state index contributed by atoms with van der Waals surface area (Å²) < 4.78 is 1.90. The molecule has 2 aromatic carbocycles. The molecular weight excluding hydrogens is 474 g/mol. The monoisotopic (exact) mass is 507 g/mol. The summed E-state index contributed by atoms with van der Waals surface area (Å²) in [5, 5.41) is 13.9. The van der Waals surface area contributed by atoms with Crippen molar-refractivity contribution < 1.29 is 0 Å². The molecule has 38 heavy (non-hydrogen) atoms. The van der Waals surface area contributed by atoms with Gasteiger partial charge in [0.15, 0.2) is 5.82 Å². The van der Waals surface area contributed by atoms with Crippen molar-refractivity contribution in [3.63, 3.8) is 0 Å². The highest BCUT2D eigenvalue weighted by atomic mass is 16.1. The zero-order chi connectivity index (χ0) is 26.5. The molecule has 5 rings (SSSR count). The number of aromatic nitrogens is 6. The summed E-state index contributed by atoms with van der Waals surface area (Å²) in [6.07, 6.45) is 5.26. The number of hydrogen-bond acceptors (Lipinski definition) is 6. The normalized spacial score (nSPS) is 12.3. The lowest BCUT2D eigenvalue weighted by Gasteiger charge is -2.30. The second kappa shape index (κ2) is 11.5. The first-order valence-corrected chi connectivity index (χ1v) is 13.1. The highest BCUT2D eigenvalue weighted by Gasteiger charge is 2.26. The van der Waals surface area contributed by atoms with Crippen molar-refractivity contribution in [2.45, 2.75) is 59.3 Å². The molecule has 1 unspecified atom stereocenters. The van der Waals surface area contributed by atoms with Crippen molar-refractivity contribution in [1.29, 1.82) is 0 Å². The number of benzene rings is 2. The molecule has 5 aromatic rings. The number of aromatic amines is 1. The van der Waals surface area contributed by atoms with Crippen LogP contribution in [0.5, 0.6) is 0 Å². The second-order valence-electron chi connectivity index (χ2n) is 9.86. The molecule has 194 valence electrons. The van der Waals surface area contributed by atoms with Gasteiger partial charge in [-0.2, -0.15) is 0 Å². The van der Waals surface area contributed by atoms with Crippen molar-refractivity contribution in [1.82, 2.24) is 35.1 Å². The molecule has 3 aromatic heterocycles. The van der Waals surface area contributed by atoms with Crippen LogP contribution in [-0.2, 0) is 26.1 Å². The first-order valence-electron chi connectivity index (χ1n) is 13.1. The first-order chi connectivity index (χ1) is 18.5. The van der Waals surface area contributed by atoms with Crippen LogP contribution >= 0.6 is 0 Å². The number of rotatable bonds is 10. The Morgan fingerprint density at radius 3 is 2.58 bits per heavy atom. The second-order valence-corrected chi connectivity index (χ2v) is 9.86. The van der Waals surface area contributed by atoms with Crippen LogP contribution in [0.25, 0.3) is 10.9 Å². The third-order valence-electron chi connectivity index (χ3n) is 6.99. The standard InChI is InChI=1S/C30H33N7O/c1-4-27(29-33-34-35-37(29)14-12-23-9-6-5-7-10-23)36(19-24-11-8-13-31-18-24)20-26-17-25-16-21(2)15-22(3)28(25)32-30(26)38/h5-11,13,15-18,27H,4,12,14,19-20H2,1-3H3,(H,32,38). The van der Waals surface area contributed by atoms with Gasteiger partial charge in [-0.1, -0.05) is 55.0 Å². The number of fused-ring (bicyclic) bond motifs is 1. The van der Waals surface area contributed by atoms with E-state index in [0.29, 0.717) is 25.2 Å². The molecule has 0 bridgehead atoms. The SMILES string of the molecule is CCC(c1nnnn1CCc1ccccc1)N(Cc1cccnc1)Cc1cc2cc(C)cc(C)c2[nH]c1=O. The molecule has 1 atom stereocenters. The molecular formula is C30H33N7O. The van der Waals surface area contributed by atoms with Gasteiger partial charge in [-0.25, -0.2) is 4.68 Å². The Hall–Kier alpha value is -4.17. The minimum atomic E-state index is -0.0877. The lowest BCUT2D eigenvalue weighted by Crippen LogP contribution is -2.32. The lowest BCUT2D eigenvalue weighted by atomic mass is 10.0. The van der Waals surface area contributed by atoms with Gasteiger partial charge in [0.25, 0.3) is 5.56 Å². The Bertz CT molecular complexity index is 1560. The number of aryl methyl sites for hydroxylation is 4. The van der Waals surface area contributed by atoms with Gasteiger partial charge in [-0.05, 0) is 77.4 Å². The molecule has 3 heterocycles. The van der Waals surface area contributed by atoms with E-state index in [1.54, 1.807) is 6.20 Å². The van der Waals surface area contributed by atoms with Gasteiger partial charge in [0.2, 0.25) is 0 Å². The fourth-order valence-corrected chi connectivity index (χ4v) is 5.16. The maximum absolute atomic E-state index is 13.2. The van der Waals surface area contributed by atoms with E-state index in [9.17, 15) is 4.79 Å². The molecule has 8 nitrogen and oxygen atoms in total. The summed E-state index contributed by atoms with van der Waals surface area (Å²) in [6.45, 7) is 7.99. The molecule has 0 aliphatic heterocycles. The predicted octanol–water partition coefficient (Wildman–Crippen LogP) is 4.92. The molecule has 0 radical (unpaired) electrons. The van der Waals surface area contributed by atoms with E-state index >= 15 is 0 Å². The highest BCUT2D eigenvalue weighted by Crippen LogP contribution is 2.27. The van der Waals surface area contributed by atoms with Crippen LogP contribution in [0, 0.1) is 13.8 Å². The zero-order valence-corrected chi connectivity index (χ0v) is 22.1. The molecule has 0 aliphatic rings. The van der Waals surface area contributed by atoms with Gasteiger partial charge in [0, 0.05) is 37.6 Å². The Morgan fingerprint density at radius 1 is 1.00 bits per heavy atom. The lowest BCUT2D eigenvalue weighted by molar-refractivity contribution is 0.160. The van der Waals surface area contributed by atoms with E-state index in [0.717, 1.165) is 40.7 Å². The third-order valence-corrected chi connectivity index (χ3v) is 6.99. The number of tetrazole rings is 1. The molecule has 0 saturated heterocycles. The minimum absolute atomic E-state index is 0.0702. The van der Waals surface area contributed by atoms with E-state index in [-0.39, 0.29) is 11.6 Å². The Balaban J connectivity index is 1.49. The minimum Gasteiger partial charge on any atom is -0.321 e. The Morgan fingerprint density at radius 2 is 1.82 bits per heavy atom. The summed E-state index contributed by atoms with van der Waals surface area (Å²) in [7, 11) is 0. The number of nitrogens with one attached hydrogen (secondary N) is 1. The van der Waals surface area contributed by atoms with Crippen LogP contribution in [0.3, 0.4) is 0 Å². The summed E-state index contributed by atoms with van der Waals surface area (Å²) in [5.41, 5.74) is 6.08. The molecule has 1 N–H and O–H groups in total. The number of H-pyrrole nitrogens is 1. The van der Waals surface area contributed by atoms with Crippen molar-refractivity contribution in [3.8, 4) is 0 Å². The van der Waals surface area contributed by atoms with Crippen LogP contribution in [-0.4, -0.2) is 35.1 Å². The number of pyridine rings is 2. The molecule has 0 saturated carbocycles. The van der Waals surface area contributed by atoms with Crippen LogP contribution in [0.15, 0.2) is 77.9 Å². The van der Waals surface area contributed by atoms with Crippen molar-refractivity contribution >= 4 is 10.9 Å². The summed E-state index contributed by atoms with van der Waals surface area (Å²) in [4.78, 5) is 23.0. The zero-order valence-electron chi connectivity index (χ0n) is 22.1. The highest BCUT2D eigenvalue weighted by molar-refractivity contribution is 5.82. The van der Waals surface area contributed by atoms with Gasteiger partial charge in [0.05, 0.1) is 11.6 Å². The number of nitrogens with zero attached hydrogens (tertiary/aromatic N) is 6. The number of hydrogen-bond donors (Lipinski definition) is 1. The van der Waals surface area contributed by atoms with Gasteiger partial charge in [-0.3, -0.25) is 14.7 Å². The van der Waals surface area contributed by atoms with Crippen LogP contribution in [0.1, 0.15) is 53.0 Å². The van der Waals surface area contributed by atoms with E-state index in [1.165, 1.54) is 11.1 Å². The van der Waals surface area contributed by atoms with Crippen molar-refractivity contribution in [2.24, 2.45) is 0 Å². The van der Waals surface area contributed by atoms with Gasteiger partial charge >= 0.3 is 0 Å². The first kappa shape index (κ1) is 25.5. The largest absolute Gasteiger partial charge is 0.321 e. The fraction of sp³-hybridized carbons (Fsp3) is 0.300. The third kappa shape index (κ3) is 5.70. The molecule has 8 heteroatoms. The van der Waals surface area contributed by atoms with E-state index in [1.807, 2.05) is 48.1 Å². The smallest absolute Gasteiger partial charge is 0.252 e. The molecule has 0 fully saturated rings. The van der Waals surface area contributed by atoms with Gasteiger partial charge < -0.3 is 4.98 Å². The van der Waals surface area contributed by atoms with Gasteiger partial charge in [-0.15, -0.1) is 5.10 Å². The summed E-state index contributed by atoms with van der Waals surface area (Å²) in [5.74, 6) is 0.802. The van der Waals surface area contributed by atoms with Crippen LogP contribution in [0.4, 0.5) is 0 Å². The molecule has 0 spiro atoms. The van der Waals surface area contributed by atoms with E-state index in [4.69, 9.17) is 0 Å². The summed E-state index contributed by atoms with van der Waals surface area (Å²) in [6, 6.07) is 20.5. The maximum Gasteiger partial charge on any atom is 0.252 e. The van der Waals surface area contributed by atoms with Crippen molar-refractivity contribution in [3.05, 3.63) is 117 Å². The van der Waals surface area contributed by atoms with Crippen molar-refractivity contribution in [2.75, 3.05) is 0 Å². The molecule has 0 amide bonds. The Kier molecular flexibility index (Phi) is 7.70. The summed E-state index contributed by atoms with van der Waals surface area (Å²) >= 11 is 0. The van der Waals surface area contributed by atoms with E-state index < -0.39 is 0 Å². The fourth-order valence-electron chi connectivity index (χ4n) is 5.16. The quantitative estimate of drug-likeness (QED) is 0.288. The van der Waals surface area contributed by atoms with Crippen LogP contribution in [0.2, 0.25) is 0 Å². The Labute approximate surface area is 222 Å².